The molecule has 0 aromatic heterocycles. The highest BCUT2D eigenvalue weighted by Gasteiger charge is 2.05. The predicted molar refractivity (Wildman–Crippen MR) is 77.2 cm³/mol. The summed E-state index contributed by atoms with van der Waals surface area (Å²) in [6.45, 7) is 2.92. The lowest BCUT2D eigenvalue weighted by molar-refractivity contribution is 0.0558. The van der Waals surface area contributed by atoms with Crippen molar-refractivity contribution in [2.24, 2.45) is 0 Å². The van der Waals surface area contributed by atoms with Gasteiger partial charge in [-0.3, -0.25) is 0 Å². The molecule has 0 saturated heterocycles. The van der Waals surface area contributed by atoms with Gasteiger partial charge in [-0.05, 0) is 36.6 Å². The lowest BCUT2D eigenvalue weighted by Crippen LogP contribution is -2.19. The normalized spacial score (nSPS) is 10.6. The average molecular weight is 259 g/mol. The number of benzene rings is 2. The molecule has 2 aromatic rings. The monoisotopic (exact) mass is 259 g/mol. The van der Waals surface area contributed by atoms with Crippen LogP contribution in [0.2, 0.25) is 0 Å². The van der Waals surface area contributed by atoms with Gasteiger partial charge in [-0.2, -0.15) is 0 Å². The van der Waals surface area contributed by atoms with Gasteiger partial charge in [0.15, 0.2) is 0 Å². The van der Waals surface area contributed by atoms with Crippen molar-refractivity contribution in [1.82, 2.24) is 4.47 Å². The number of hydrogen-bond acceptors (Lipinski definition) is 3. The molecule has 2 aromatic carbocycles. The summed E-state index contributed by atoms with van der Waals surface area (Å²) in [6.07, 6.45) is 0. The van der Waals surface area contributed by atoms with Crippen molar-refractivity contribution in [3.05, 3.63) is 66.2 Å². The molecule has 0 N–H and O–H groups in total. The van der Waals surface area contributed by atoms with Gasteiger partial charge >= 0.3 is 0 Å². The molecule has 0 fully saturated rings. The summed E-state index contributed by atoms with van der Waals surface area (Å²) in [6, 6.07) is 20.3. The van der Waals surface area contributed by atoms with Gasteiger partial charge in [0, 0.05) is 12.3 Å². The SMILES string of the molecule is CCN(Oc1ccccc1)SCc1ccccc1. The Morgan fingerprint density at radius 1 is 0.944 bits per heavy atom. The molecule has 0 amide bonds. The van der Waals surface area contributed by atoms with E-state index >= 15 is 0 Å². The number of para-hydroxylation sites is 1. The molecule has 3 heteroatoms. The van der Waals surface area contributed by atoms with Crippen molar-refractivity contribution >= 4 is 11.9 Å². The second-order valence-electron chi connectivity index (χ2n) is 3.81. The van der Waals surface area contributed by atoms with E-state index in [-0.39, 0.29) is 0 Å². The van der Waals surface area contributed by atoms with Gasteiger partial charge in [-0.15, -0.1) is 0 Å². The number of hydrogen-bond donors (Lipinski definition) is 0. The molecule has 0 saturated carbocycles. The highest BCUT2D eigenvalue weighted by atomic mass is 32.2. The Bertz CT molecular complexity index is 447. The lowest BCUT2D eigenvalue weighted by Gasteiger charge is -2.19. The molecule has 0 radical (unpaired) electrons. The smallest absolute Gasteiger partial charge is 0.148 e. The summed E-state index contributed by atoms with van der Waals surface area (Å²) in [5, 5.41) is 0. The minimum absolute atomic E-state index is 0.840. The summed E-state index contributed by atoms with van der Waals surface area (Å²) in [5.41, 5.74) is 1.30. The van der Waals surface area contributed by atoms with Crippen LogP contribution in [0.25, 0.3) is 0 Å². The van der Waals surface area contributed by atoms with E-state index in [9.17, 15) is 0 Å². The zero-order chi connectivity index (χ0) is 12.6. The summed E-state index contributed by atoms with van der Waals surface area (Å²) in [4.78, 5) is 5.78. The summed E-state index contributed by atoms with van der Waals surface area (Å²) < 4.78 is 1.91. The van der Waals surface area contributed by atoms with Gasteiger partial charge in [-0.1, -0.05) is 53.0 Å². The highest BCUT2D eigenvalue weighted by Crippen LogP contribution is 2.20. The first kappa shape index (κ1) is 13.0. The Kier molecular flexibility index (Phi) is 5.12. The Balaban J connectivity index is 1.86. The Labute approximate surface area is 113 Å². The Hall–Kier alpha value is -1.45. The first-order valence-electron chi connectivity index (χ1n) is 6.06. The Morgan fingerprint density at radius 2 is 1.56 bits per heavy atom. The van der Waals surface area contributed by atoms with Crippen molar-refractivity contribution in [3.8, 4) is 5.75 Å². The maximum atomic E-state index is 5.78. The minimum Gasteiger partial charge on any atom is -0.395 e. The maximum Gasteiger partial charge on any atom is 0.148 e. The van der Waals surface area contributed by atoms with Gasteiger partial charge < -0.3 is 4.84 Å². The molecule has 0 aliphatic heterocycles. The summed E-state index contributed by atoms with van der Waals surface area (Å²) in [5.74, 6) is 1.79. The first-order valence-corrected chi connectivity index (χ1v) is 7.00. The van der Waals surface area contributed by atoms with Crippen LogP contribution in [0.5, 0.6) is 5.75 Å². The van der Waals surface area contributed by atoms with Gasteiger partial charge in [0.25, 0.3) is 0 Å². The molecule has 18 heavy (non-hydrogen) atoms. The van der Waals surface area contributed by atoms with Crippen molar-refractivity contribution in [2.45, 2.75) is 12.7 Å². The lowest BCUT2D eigenvalue weighted by atomic mass is 10.2. The van der Waals surface area contributed by atoms with Gasteiger partial charge in [-0.25, -0.2) is 0 Å². The van der Waals surface area contributed by atoms with Crippen LogP contribution in [0.15, 0.2) is 60.7 Å². The molecule has 0 heterocycles. The second-order valence-corrected chi connectivity index (χ2v) is 4.77. The fourth-order valence-electron chi connectivity index (χ4n) is 1.50. The summed E-state index contributed by atoms with van der Waals surface area (Å²) >= 11 is 1.68. The fourth-order valence-corrected chi connectivity index (χ4v) is 2.31. The van der Waals surface area contributed by atoms with E-state index in [1.54, 1.807) is 11.9 Å². The maximum absolute atomic E-state index is 5.78. The fraction of sp³-hybridized carbons (Fsp3) is 0.200. The van der Waals surface area contributed by atoms with Crippen molar-refractivity contribution in [2.75, 3.05) is 6.54 Å². The van der Waals surface area contributed by atoms with E-state index in [1.807, 2.05) is 40.9 Å². The van der Waals surface area contributed by atoms with E-state index < -0.39 is 0 Å². The third kappa shape index (κ3) is 4.09. The third-order valence-electron chi connectivity index (χ3n) is 2.43. The zero-order valence-corrected chi connectivity index (χ0v) is 11.3. The molecular formula is C15H17NOS. The molecule has 0 unspecified atom stereocenters. The van der Waals surface area contributed by atoms with Crippen LogP contribution in [0, 0.1) is 0 Å². The van der Waals surface area contributed by atoms with E-state index in [0.29, 0.717) is 0 Å². The van der Waals surface area contributed by atoms with Crippen molar-refractivity contribution < 1.29 is 4.84 Å². The first-order chi connectivity index (χ1) is 8.88. The average Bonchev–Trinajstić information content (AvgIpc) is 2.45. The van der Waals surface area contributed by atoms with Crippen LogP contribution in [-0.2, 0) is 5.75 Å². The molecule has 0 atom stereocenters. The largest absolute Gasteiger partial charge is 0.395 e. The van der Waals surface area contributed by atoms with Crippen molar-refractivity contribution in [3.63, 3.8) is 0 Å². The molecule has 0 bridgehead atoms. The number of rotatable bonds is 6. The van der Waals surface area contributed by atoms with E-state index in [4.69, 9.17) is 4.84 Å². The van der Waals surface area contributed by atoms with Crippen molar-refractivity contribution in [1.29, 1.82) is 0 Å². The second kappa shape index (κ2) is 7.09. The van der Waals surface area contributed by atoms with Gasteiger partial charge in [0.2, 0.25) is 0 Å². The van der Waals surface area contributed by atoms with Crippen LogP contribution in [0.1, 0.15) is 12.5 Å². The van der Waals surface area contributed by atoms with E-state index in [2.05, 4.69) is 31.2 Å². The molecule has 2 nitrogen and oxygen atoms in total. The van der Waals surface area contributed by atoms with Crippen LogP contribution < -0.4 is 4.84 Å². The number of nitrogens with zero attached hydrogens (tertiary/aromatic N) is 1. The molecule has 94 valence electrons. The molecule has 0 aliphatic rings. The van der Waals surface area contributed by atoms with Gasteiger partial charge in [0.1, 0.15) is 5.75 Å². The molecule has 2 rings (SSSR count). The van der Waals surface area contributed by atoms with Gasteiger partial charge in [0.05, 0.1) is 0 Å². The standard InChI is InChI=1S/C15H17NOS/c1-2-16(17-15-11-7-4-8-12-15)18-13-14-9-5-3-6-10-14/h3-12H,2,13H2,1H3. The van der Waals surface area contributed by atoms with E-state index in [0.717, 1.165) is 18.0 Å². The number of hydroxylamine groups is 1. The topological polar surface area (TPSA) is 12.5 Å². The predicted octanol–water partition coefficient (Wildman–Crippen LogP) is 4.15. The summed E-state index contributed by atoms with van der Waals surface area (Å²) in [7, 11) is 0. The third-order valence-corrected chi connectivity index (χ3v) is 3.51. The van der Waals surface area contributed by atoms with Crippen LogP contribution in [0.4, 0.5) is 0 Å². The minimum atomic E-state index is 0.840. The quantitative estimate of drug-likeness (QED) is 0.571. The van der Waals surface area contributed by atoms with Crippen LogP contribution in [0.3, 0.4) is 0 Å². The zero-order valence-electron chi connectivity index (χ0n) is 10.5. The highest BCUT2D eigenvalue weighted by molar-refractivity contribution is 7.96. The van der Waals surface area contributed by atoms with Crippen LogP contribution in [-0.4, -0.2) is 11.0 Å². The Morgan fingerprint density at radius 3 is 2.17 bits per heavy atom. The molecule has 0 aliphatic carbocycles. The molecule has 0 spiro atoms. The van der Waals surface area contributed by atoms with E-state index in [1.165, 1.54) is 5.56 Å². The molecular weight excluding hydrogens is 242 g/mol. The van der Waals surface area contributed by atoms with Crippen LogP contribution >= 0.6 is 11.9 Å².